The van der Waals surface area contributed by atoms with Crippen LogP contribution >= 0.6 is 0 Å². The van der Waals surface area contributed by atoms with Crippen LogP contribution in [0.1, 0.15) is 16.1 Å². The van der Waals surface area contributed by atoms with Crippen LogP contribution in [-0.4, -0.2) is 45.7 Å². The molecule has 7 nitrogen and oxygen atoms in total. The standard InChI is InChI=1S/C12H15N5O2/c1-7-9-5-8(6-14-10(9)17(4)15-7)11(18)16(3)12(19)13-2/h5-6H,1-4H3,(H,13,19). The van der Waals surface area contributed by atoms with E-state index >= 15 is 0 Å². The molecule has 7 heteroatoms. The van der Waals surface area contributed by atoms with Crippen LogP contribution in [0.25, 0.3) is 11.0 Å². The van der Waals surface area contributed by atoms with Crippen molar-refractivity contribution in [2.45, 2.75) is 6.92 Å². The van der Waals surface area contributed by atoms with Crippen LogP contribution in [0.2, 0.25) is 0 Å². The zero-order chi connectivity index (χ0) is 14.2. The van der Waals surface area contributed by atoms with E-state index in [0.717, 1.165) is 16.0 Å². The Morgan fingerprint density at radius 1 is 1.42 bits per heavy atom. The van der Waals surface area contributed by atoms with E-state index in [1.807, 2.05) is 6.92 Å². The van der Waals surface area contributed by atoms with Crippen molar-refractivity contribution in [2.75, 3.05) is 14.1 Å². The first kappa shape index (κ1) is 13.0. The molecule has 0 aliphatic carbocycles. The van der Waals surface area contributed by atoms with Gasteiger partial charge in [0, 0.05) is 32.7 Å². The molecule has 2 rings (SSSR count). The number of hydrogen-bond acceptors (Lipinski definition) is 4. The Morgan fingerprint density at radius 2 is 2.11 bits per heavy atom. The van der Waals surface area contributed by atoms with Gasteiger partial charge < -0.3 is 5.32 Å². The van der Waals surface area contributed by atoms with E-state index in [9.17, 15) is 9.59 Å². The fourth-order valence-corrected chi connectivity index (χ4v) is 1.88. The number of nitrogens with one attached hydrogen (secondary N) is 1. The van der Waals surface area contributed by atoms with Crippen molar-refractivity contribution < 1.29 is 9.59 Å². The number of aryl methyl sites for hydroxylation is 2. The molecule has 0 radical (unpaired) electrons. The molecular formula is C12H15N5O2. The summed E-state index contributed by atoms with van der Waals surface area (Å²) < 4.78 is 1.65. The lowest BCUT2D eigenvalue weighted by molar-refractivity contribution is 0.0832. The van der Waals surface area contributed by atoms with Crippen LogP contribution in [0.3, 0.4) is 0 Å². The minimum absolute atomic E-state index is 0.356. The topological polar surface area (TPSA) is 80.1 Å². The molecule has 0 fully saturated rings. The van der Waals surface area contributed by atoms with E-state index in [4.69, 9.17) is 0 Å². The summed E-state index contributed by atoms with van der Waals surface area (Å²) in [5.41, 5.74) is 1.86. The van der Waals surface area contributed by atoms with Crippen molar-refractivity contribution >= 4 is 23.0 Å². The predicted molar refractivity (Wildman–Crippen MR) is 69.8 cm³/mol. The van der Waals surface area contributed by atoms with Crippen LogP contribution in [0.4, 0.5) is 4.79 Å². The highest BCUT2D eigenvalue weighted by Gasteiger charge is 2.19. The normalized spacial score (nSPS) is 10.5. The first-order chi connectivity index (χ1) is 8.95. The quantitative estimate of drug-likeness (QED) is 0.819. The number of fused-ring (bicyclic) bond motifs is 1. The summed E-state index contributed by atoms with van der Waals surface area (Å²) in [5.74, 6) is -0.406. The highest BCUT2D eigenvalue weighted by molar-refractivity contribution is 6.05. The zero-order valence-electron chi connectivity index (χ0n) is 11.3. The average Bonchev–Trinajstić information content (AvgIpc) is 2.71. The fourth-order valence-electron chi connectivity index (χ4n) is 1.88. The molecule has 100 valence electrons. The number of rotatable bonds is 1. The summed E-state index contributed by atoms with van der Waals surface area (Å²) in [6, 6.07) is 1.24. The van der Waals surface area contributed by atoms with E-state index in [0.29, 0.717) is 11.2 Å². The second kappa shape index (κ2) is 4.68. The summed E-state index contributed by atoms with van der Waals surface area (Å²) in [4.78, 5) is 28.7. The van der Waals surface area contributed by atoms with Gasteiger partial charge in [-0.3, -0.25) is 14.4 Å². The average molecular weight is 261 g/mol. The van der Waals surface area contributed by atoms with Crippen LogP contribution in [0.15, 0.2) is 12.3 Å². The van der Waals surface area contributed by atoms with Crippen molar-refractivity contribution in [1.82, 2.24) is 25.0 Å². The molecule has 3 amide bonds. The number of nitrogens with zero attached hydrogens (tertiary/aromatic N) is 4. The number of carbonyl (C=O) groups is 2. The highest BCUT2D eigenvalue weighted by atomic mass is 16.2. The number of aromatic nitrogens is 3. The van der Waals surface area contributed by atoms with Gasteiger partial charge >= 0.3 is 6.03 Å². The van der Waals surface area contributed by atoms with E-state index in [2.05, 4.69) is 15.4 Å². The molecule has 0 aliphatic heterocycles. The molecule has 0 bridgehead atoms. The van der Waals surface area contributed by atoms with Gasteiger partial charge in [0.25, 0.3) is 5.91 Å². The highest BCUT2D eigenvalue weighted by Crippen LogP contribution is 2.17. The monoisotopic (exact) mass is 261 g/mol. The van der Waals surface area contributed by atoms with Crippen molar-refractivity contribution in [2.24, 2.45) is 7.05 Å². The maximum absolute atomic E-state index is 12.1. The van der Waals surface area contributed by atoms with E-state index in [1.165, 1.54) is 20.3 Å². The Labute approximate surface area is 110 Å². The van der Waals surface area contributed by atoms with Crippen LogP contribution < -0.4 is 5.32 Å². The van der Waals surface area contributed by atoms with Crippen molar-refractivity contribution in [3.8, 4) is 0 Å². The van der Waals surface area contributed by atoms with E-state index in [-0.39, 0.29) is 0 Å². The third kappa shape index (κ3) is 2.14. The van der Waals surface area contributed by atoms with Gasteiger partial charge in [0.2, 0.25) is 0 Å². The number of pyridine rings is 1. The molecule has 2 aromatic rings. The molecule has 0 spiro atoms. The minimum Gasteiger partial charge on any atom is -0.341 e. The van der Waals surface area contributed by atoms with Crippen LogP contribution in [-0.2, 0) is 7.05 Å². The zero-order valence-corrected chi connectivity index (χ0v) is 11.3. The van der Waals surface area contributed by atoms with Crippen molar-refractivity contribution in [3.63, 3.8) is 0 Å². The Balaban J connectivity index is 2.44. The van der Waals surface area contributed by atoms with Gasteiger partial charge in [-0.15, -0.1) is 0 Å². The lowest BCUT2D eigenvalue weighted by atomic mass is 10.2. The van der Waals surface area contributed by atoms with Gasteiger partial charge in [0.05, 0.1) is 11.3 Å². The maximum Gasteiger partial charge on any atom is 0.323 e. The molecule has 19 heavy (non-hydrogen) atoms. The third-order valence-corrected chi connectivity index (χ3v) is 2.93. The van der Waals surface area contributed by atoms with Crippen molar-refractivity contribution in [3.05, 3.63) is 23.5 Å². The Bertz CT molecular complexity index is 661. The minimum atomic E-state index is -0.465. The molecule has 0 saturated carbocycles. The second-order valence-electron chi connectivity index (χ2n) is 4.22. The number of hydrogen-bond donors (Lipinski definition) is 1. The number of imide groups is 1. The predicted octanol–water partition coefficient (Wildman–Crippen LogP) is 0.688. The number of urea groups is 1. The molecule has 0 aromatic carbocycles. The molecular weight excluding hydrogens is 246 g/mol. The number of carbonyl (C=O) groups excluding carboxylic acids is 2. The fraction of sp³-hybridized carbons (Fsp3) is 0.333. The van der Waals surface area contributed by atoms with Crippen LogP contribution in [0.5, 0.6) is 0 Å². The van der Waals surface area contributed by atoms with Gasteiger partial charge in [-0.05, 0) is 13.0 Å². The Hall–Kier alpha value is -2.44. The van der Waals surface area contributed by atoms with Gasteiger partial charge in [-0.2, -0.15) is 5.10 Å². The summed E-state index contributed by atoms with van der Waals surface area (Å²) in [5, 5.41) is 7.44. The lowest BCUT2D eigenvalue weighted by Gasteiger charge is -2.14. The molecule has 0 saturated heterocycles. The van der Waals surface area contributed by atoms with E-state index < -0.39 is 11.9 Å². The van der Waals surface area contributed by atoms with Gasteiger partial charge in [0.1, 0.15) is 0 Å². The lowest BCUT2D eigenvalue weighted by Crippen LogP contribution is -2.39. The summed E-state index contributed by atoms with van der Waals surface area (Å²) in [7, 11) is 4.68. The molecule has 1 N–H and O–H groups in total. The molecule has 0 atom stereocenters. The Morgan fingerprint density at radius 3 is 2.74 bits per heavy atom. The number of amides is 3. The smallest absolute Gasteiger partial charge is 0.323 e. The first-order valence-electron chi connectivity index (χ1n) is 5.74. The Kier molecular flexibility index (Phi) is 3.20. The third-order valence-electron chi connectivity index (χ3n) is 2.93. The SMILES string of the molecule is CNC(=O)N(C)C(=O)c1cnc2c(c1)c(C)nn2C. The molecule has 2 aromatic heterocycles. The second-order valence-corrected chi connectivity index (χ2v) is 4.22. The maximum atomic E-state index is 12.1. The van der Waals surface area contributed by atoms with Crippen molar-refractivity contribution in [1.29, 1.82) is 0 Å². The summed E-state index contributed by atoms with van der Waals surface area (Å²) >= 11 is 0. The summed E-state index contributed by atoms with van der Waals surface area (Å²) in [6.07, 6.45) is 1.45. The van der Waals surface area contributed by atoms with Gasteiger partial charge in [-0.1, -0.05) is 0 Å². The molecule has 2 heterocycles. The molecule has 0 aliphatic rings. The largest absolute Gasteiger partial charge is 0.341 e. The van der Waals surface area contributed by atoms with Gasteiger partial charge in [0.15, 0.2) is 5.65 Å². The van der Waals surface area contributed by atoms with E-state index in [1.54, 1.807) is 17.8 Å². The van der Waals surface area contributed by atoms with Crippen LogP contribution in [0, 0.1) is 6.92 Å². The van der Waals surface area contributed by atoms with Gasteiger partial charge in [-0.25, -0.2) is 9.78 Å². The first-order valence-corrected chi connectivity index (χ1v) is 5.74. The molecule has 0 unspecified atom stereocenters. The summed E-state index contributed by atoms with van der Waals surface area (Å²) in [6.45, 7) is 1.85.